The van der Waals surface area contributed by atoms with E-state index in [2.05, 4.69) is 48.1 Å². The molecule has 1 N–H and O–H groups in total. The third-order valence-corrected chi connectivity index (χ3v) is 3.13. The topological polar surface area (TPSA) is 48.6 Å². The van der Waals surface area contributed by atoms with Crippen LogP contribution in [0.4, 0.5) is 0 Å². The van der Waals surface area contributed by atoms with E-state index in [0.29, 0.717) is 18.8 Å². The Hall–Kier alpha value is -2.26. The number of rotatable bonds is 6. The molecule has 0 aromatic heterocycles. The van der Waals surface area contributed by atoms with Crippen LogP contribution < -0.4 is 0 Å². The van der Waals surface area contributed by atoms with E-state index in [1.807, 2.05) is 36.7 Å². The molecule has 0 heterocycles. The fraction of sp³-hybridized carbons (Fsp3) is 0.211. The van der Waals surface area contributed by atoms with Crippen LogP contribution in [0.5, 0.6) is 0 Å². The number of nitrogens with one attached hydrogen (secondary N) is 1. The summed E-state index contributed by atoms with van der Waals surface area (Å²) >= 11 is 0. The van der Waals surface area contributed by atoms with Gasteiger partial charge in [-0.2, -0.15) is 0 Å². The maximum absolute atomic E-state index is 7.88. The predicted molar refractivity (Wildman–Crippen MR) is 102 cm³/mol. The lowest BCUT2D eigenvalue weighted by molar-refractivity contribution is 1.17. The maximum atomic E-state index is 7.88. The standard InChI is InChI=1S/C19H21N3.ClH/c1-15-5-3-7-17(9-15)11-21-13-19(20)14-22-12-18-8-4-6-16(2)10-18;/h3-12,20H,13-14H2,1-2H3;1H. The van der Waals surface area contributed by atoms with E-state index in [0.717, 1.165) is 11.1 Å². The van der Waals surface area contributed by atoms with E-state index >= 15 is 0 Å². The van der Waals surface area contributed by atoms with Gasteiger partial charge in [0.1, 0.15) is 0 Å². The van der Waals surface area contributed by atoms with Gasteiger partial charge in [-0.3, -0.25) is 9.98 Å². The summed E-state index contributed by atoms with van der Waals surface area (Å²) < 4.78 is 0. The van der Waals surface area contributed by atoms with E-state index in [-0.39, 0.29) is 12.4 Å². The normalized spacial score (nSPS) is 10.9. The van der Waals surface area contributed by atoms with Crippen molar-refractivity contribution < 1.29 is 0 Å². The third-order valence-electron chi connectivity index (χ3n) is 3.13. The average molecular weight is 328 g/mol. The first-order valence-electron chi connectivity index (χ1n) is 7.33. The van der Waals surface area contributed by atoms with Crippen molar-refractivity contribution in [3.8, 4) is 0 Å². The van der Waals surface area contributed by atoms with Crippen molar-refractivity contribution in [2.75, 3.05) is 13.1 Å². The number of benzene rings is 2. The fourth-order valence-corrected chi connectivity index (χ4v) is 2.07. The molecule has 0 saturated carbocycles. The molecule has 0 aliphatic heterocycles. The highest BCUT2D eigenvalue weighted by Gasteiger charge is 1.94. The molecule has 3 nitrogen and oxygen atoms in total. The van der Waals surface area contributed by atoms with Crippen LogP contribution in [0, 0.1) is 19.3 Å². The smallest absolute Gasteiger partial charge is 0.0784 e. The summed E-state index contributed by atoms with van der Waals surface area (Å²) in [6.45, 7) is 4.89. The van der Waals surface area contributed by atoms with Crippen molar-refractivity contribution in [2.45, 2.75) is 13.8 Å². The van der Waals surface area contributed by atoms with Crippen LogP contribution in [0.1, 0.15) is 22.3 Å². The summed E-state index contributed by atoms with van der Waals surface area (Å²) in [5.41, 5.74) is 5.06. The van der Waals surface area contributed by atoms with E-state index < -0.39 is 0 Å². The number of nitrogens with zero attached hydrogens (tertiary/aromatic N) is 2. The second-order valence-corrected chi connectivity index (χ2v) is 5.37. The molecule has 120 valence electrons. The molecule has 0 amide bonds. The van der Waals surface area contributed by atoms with Gasteiger partial charge in [0.05, 0.1) is 18.8 Å². The van der Waals surface area contributed by atoms with Crippen molar-refractivity contribution in [1.82, 2.24) is 0 Å². The van der Waals surface area contributed by atoms with Crippen LogP contribution in [-0.2, 0) is 0 Å². The van der Waals surface area contributed by atoms with E-state index in [4.69, 9.17) is 5.41 Å². The first-order valence-corrected chi connectivity index (χ1v) is 7.33. The molecule has 0 saturated heterocycles. The minimum absolute atomic E-state index is 0. The zero-order chi connectivity index (χ0) is 15.8. The summed E-state index contributed by atoms with van der Waals surface area (Å²) in [5, 5.41) is 7.88. The van der Waals surface area contributed by atoms with E-state index in [1.165, 1.54) is 11.1 Å². The van der Waals surface area contributed by atoms with Gasteiger partial charge >= 0.3 is 0 Å². The molecule has 23 heavy (non-hydrogen) atoms. The average Bonchev–Trinajstić information content (AvgIpc) is 2.47. The molecule has 0 spiro atoms. The van der Waals surface area contributed by atoms with Gasteiger partial charge in [0.15, 0.2) is 0 Å². The van der Waals surface area contributed by atoms with Gasteiger partial charge in [-0.1, -0.05) is 59.7 Å². The van der Waals surface area contributed by atoms with Gasteiger partial charge in [0.25, 0.3) is 0 Å². The summed E-state index contributed by atoms with van der Waals surface area (Å²) in [6, 6.07) is 16.3. The number of hydrogen-bond donors (Lipinski definition) is 1. The first kappa shape index (κ1) is 18.8. The molecule has 0 bridgehead atoms. The Balaban J connectivity index is 0.00000264. The van der Waals surface area contributed by atoms with Crippen molar-refractivity contribution >= 4 is 30.5 Å². The molecule has 0 aliphatic rings. The number of hydrogen-bond acceptors (Lipinski definition) is 3. The second-order valence-electron chi connectivity index (χ2n) is 5.37. The lowest BCUT2D eigenvalue weighted by Gasteiger charge is -1.98. The van der Waals surface area contributed by atoms with Gasteiger partial charge < -0.3 is 5.41 Å². The van der Waals surface area contributed by atoms with Crippen LogP contribution in [-0.4, -0.2) is 31.2 Å². The Morgan fingerprint density at radius 3 is 1.70 bits per heavy atom. The van der Waals surface area contributed by atoms with Crippen molar-refractivity contribution in [3.63, 3.8) is 0 Å². The SMILES string of the molecule is Cc1cccc(C=NCC(=N)CN=Cc2cccc(C)c2)c1.Cl. The molecule has 2 aromatic rings. The van der Waals surface area contributed by atoms with E-state index in [1.54, 1.807) is 0 Å². The number of aryl methyl sites for hydroxylation is 2. The molecule has 0 aliphatic carbocycles. The molecule has 4 heteroatoms. The maximum Gasteiger partial charge on any atom is 0.0784 e. The summed E-state index contributed by atoms with van der Waals surface area (Å²) in [4.78, 5) is 8.60. The van der Waals surface area contributed by atoms with Crippen LogP contribution >= 0.6 is 12.4 Å². The molecule has 0 radical (unpaired) electrons. The Labute approximate surface area is 144 Å². The largest absolute Gasteiger partial charge is 0.306 e. The summed E-state index contributed by atoms with van der Waals surface area (Å²) in [5.74, 6) is 0. The molecule has 0 fully saturated rings. The van der Waals surface area contributed by atoms with Gasteiger partial charge in [0.2, 0.25) is 0 Å². The zero-order valence-electron chi connectivity index (χ0n) is 13.5. The lowest BCUT2D eigenvalue weighted by atomic mass is 10.1. The highest BCUT2D eigenvalue weighted by molar-refractivity contribution is 5.90. The second kappa shape index (κ2) is 9.70. The molecule has 0 unspecified atom stereocenters. The minimum atomic E-state index is 0. The van der Waals surface area contributed by atoms with Gasteiger partial charge in [-0.15, -0.1) is 12.4 Å². The molecular formula is C19H22ClN3. The Bertz CT molecular complexity index is 646. The Morgan fingerprint density at radius 1 is 0.870 bits per heavy atom. The molecule has 2 aromatic carbocycles. The van der Waals surface area contributed by atoms with Gasteiger partial charge in [-0.25, -0.2) is 0 Å². The Kier molecular flexibility index (Phi) is 7.92. The Morgan fingerprint density at radius 2 is 1.30 bits per heavy atom. The zero-order valence-corrected chi connectivity index (χ0v) is 14.3. The summed E-state index contributed by atoms with van der Waals surface area (Å²) in [7, 11) is 0. The fourth-order valence-electron chi connectivity index (χ4n) is 2.07. The van der Waals surface area contributed by atoms with Crippen LogP contribution in [0.25, 0.3) is 0 Å². The molecule has 0 atom stereocenters. The minimum Gasteiger partial charge on any atom is -0.306 e. The van der Waals surface area contributed by atoms with Gasteiger partial charge in [-0.05, 0) is 25.0 Å². The first-order chi connectivity index (χ1) is 10.6. The monoisotopic (exact) mass is 327 g/mol. The van der Waals surface area contributed by atoms with Crippen LogP contribution in [0.3, 0.4) is 0 Å². The summed E-state index contributed by atoms with van der Waals surface area (Å²) in [6.07, 6.45) is 3.62. The quantitative estimate of drug-likeness (QED) is 0.770. The highest BCUT2D eigenvalue weighted by atomic mass is 35.5. The number of halogens is 1. The van der Waals surface area contributed by atoms with E-state index in [9.17, 15) is 0 Å². The third kappa shape index (κ3) is 7.02. The highest BCUT2D eigenvalue weighted by Crippen LogP contribution is 2.02. The van der Waals surface area contributed by atoms with Crippen molar-refractivity contribution in [1.29, 1.82) is 5.41 Å². The van der Waals surface area contributed by atoms with Crippen LogP contribution in [0.2, 0.25) is 0 Å². The van der Waals surface area contributed by atoms with Crippen molar-refractivity contribution in [2.24, 2.45) is 9.98 Å². The lowest BCUT2D eigenvalue weighted by Crippen LogP contribution is -2.06. The number of aliphatic imine (C=N–C) groups is 2. The van der Waals surface area contributed by atoms with Gasteiger partial charge in [0, 0.05) is 12.4 Å². The van der Waals surface area contributed by atoms with Crippen LogP contribution in [0.15, 0.2) is 58.5 Å². The van der Waals surface area contributed by atoms with Crippen molar-refractivity contribution in [3.05, 3.63) is 70.8 Å². The molecule has 2 rings (SSSR count). The predicted octanol–water partition coefficient (Wildman–Crippen LogP) is 4.28. The molecular weight excluding hydrogens is 306 g/mol.